The Morgan fingerprint density at radius 3 is 1.73 bits per heavy atom. The molecule has 0 radical (unpaired) electrons. The van der Waals surface area contributed by atoms with Crippen LogP contribution in [0, 0.1) is 11.3 Å². The molecule has 0 amide bonds. The number of nitriles is 1. The molecule has 0 fully saturated rings. The minimum absolute atomic E-state index is 0.667. The number of hydrogen-bond acceptors (Lipinski definition) is 2. The van der Waals surface area contributed by atoms with Crippen molar-refractivity contribution in [2.75, 3.05) is 0 Å². The number of aliphatic imine (C=N–C) groups is 1. The minimum Gasteiger partial charge on any atom is -0.247 e. The summed E-state index contributed by atoms with van der Waals surface area (Å²) < 4.78 is 0. The van der Waals surface area contributed by atoms with E-state index in [1.165, 1.54) is 0 Å². The van der Waals surface area contributed by atoms with Crippen LogP contribution in [0.25, 0.3) is 10.8 Å². The van der Waals surface area contributed by atoms with Crippen molar-refractivity contribution in [3.05, 3.63) is 114 Å². The lowest BCUT2D eigenvalue weighted by atomic mass is 10.0. The van der Waals surface area contributed by atoms with Crippen molar-refractivity contribution in [3.8, 4) is 6.07 Å². The van der Waals surface area contributed by atoms with Gasteiger partial charge in [-0.3, -0.25) is 0 Å². The van der Waals surface area contributed by atoms with Crippen molar-refractivity contribution in [1.29, 1.82) is 5.26 Å². The van der Waals surface area contributed by atoms with E-state index in [1.807, 2.05) is 72.8 Å². The second kappa shape index (κ2) is 7.04. The fraction of sp³-hybridized carbons (Fsp3) is 0. The van der Waals surface area contributed by atoms with Gasteiger partial charge in [0.25, 0.3) is 0 Å². The maximum Gasteiger partial charge on any atom is 0.0998 e. The maximum atomic E-state index is 9.38. The average molecular weight is 332 g/mol. The van der Waals surface area contributed by atoms with E-state index in [9.17, 15) is 5.26 Å². The number of rotatable bonds is 3. The van der Waals surface area contributed by atoms with E-state index in [0.717, 1.165) is 33.3 Å². The van der Waals surface area contributed by atoms with Crippen LogP contribution >= 0.6 is 0 Å². The molecule has 2 nitrogen and oxygen atoms in total. The highest BCUT2D eigenvalue weighted by Crippen LogP contribution is 2.30. The van der Waals surface area contributed by atoms with Gasteiger partial charge in [-0.1, -0.05) is 84.9 Å². The largest absolute Gasteiger partial charge is 0.247 e. The zero-order valence-corrected chi connectivity index (χ0v) is 14.1. The summed E-state index contributed by atoms with van der Waals surface area (Å²) in [6.45, 7) is 0. The first-order chi connectivity index (χ1) is 12.9. The molecule has 0 unspecified atom stereocenters. The van der Waals surface area contributed by atoms with E-state index in [1.54, 1.807) is 0 Å². The van der Waals surface area contributed by atoms with Crippen LogP contribution < -0.4 is 0 Å². The summed E-state index contributed by atoms with van der Waals surface area (Å²) >= 11 is 0. The SMILES string of the molecule is N#Cc1ccc(N=C(c2ccccc2)c2ccccc2)c2ccccc12. The molecule has 4 rings (SSSR count). The molecule has 4 aromatic carbocycles. The third kappa shape index (κ3) is 2.99. The van der Waals surface area contributed by atoms with Gasteiger partial charge in [-0.25, -0.2) is 4.99 Å². The Morgan fingerprint density at radius 2 is 1.15 bits per heavy atom. The summed E-state index contributed by atoms with van der Waals surface area (Å²) in [6, 6.07) is 34.3. The lowest BCUT2D eigenvalue weighted by Crippen LogP contribution is -2.02. The first-order valence-corrected chi connectivity index (χ1v) is 8.48. The lowest BCUT2D eigenvalue weighted by molar-refractivity contribution is 1.47. The second-order valence-corrected chi connectivity index (χ2v) is 5.98. The van der Waals surface area contributed by atoms with E-state index in [2.05, 4.69) is 30.3 Å². The minimum atomic E-state index is 0.667. The van der Waals surface area contributed by atoms with Gasteiger partial charge < -0.3 is 0 Å². The molecule has 2 heteroatoms. The lowest BCUT2D eigenvalue weighted by Gasteiger charge is -2.10. The topological polar surface area (TPSA) is 36.1 Å². The molecule has 0 saturated carbocycles. The molecule has 122 valence electrons. The molecule has 0 aromatic heterocycles. The average Bonchev–Trinajstić information content (AvgIpc) is 2.73. The Kier molecular flexibility index (Phi) is 4.28. The quantitative estimate of drug-likeness (QED) is 0.431. The number of benzene rings is 4. The van der Waals surface area contributed by atoms with Gasteiger partial charge in [0.05, 0.1) is 23.0 Å². The van der Waals surface area contributed by atoms with Crippen molar-refractivity contribution in [2.24, 2.45) is 4.99 Å². The standard InChI is InChI=1S/C24H16N2/c25-17-20-15-16-23(22-14-8-7-13-21(20)22)26-24(18-9-3-1-4-10-18)19-11-5-2-6-12-19/h1-16H. The molecule has 0 atom stereocenters. The molecular weight excluding hydrogens is 316 g/mol. The van der Waals surface area contributed by atoms with Gasteiger partial charge in [-0.2, -0.15) is 5.26 Å². The predicted octanol–water partition coefficient (Wildman–Crippen LogP) is 5.88. The van der Waals surface area contributed by atoms with E-state index >= 15 is 0 Å². The predicted molar refractivity (Wildman–Crippen MR) is 107 cm³/mol. The summed E-state index contributed by atoms with van der Waals surface area (Å²) in [5.41, 5.74) is 4.57. The van der Waals surface area contributed by atoms with Gasteiger partial charge in [0.1, 0.15) is 0 Å². The zero-order chi connectivity index (χ0) is 17.8. The molecule has 0 heterocycles. The first kappa shape index (κ1) is 15.8. The van der Waals surface area contributed by atoms with Crippen LogP contribution in [-0.4, -0.2) is 5.71 Å². The highest BCUT2D eigenvalue weighted by molar-refractivity contribution is 6.15. The van der Waals surface area contributed by atoms with Crippen LogP contribution in [0.5, 0.6) is 0 Å². The third-order valence-corrected chi connectivity index (χ3v) is 4.35. The van der Waals surface area contributed by atoms with E-state index in [-0.39, 0.29) is 0 Å². The molecule has 4 aromatic rings. The summed E-state index contributed by atoms with van der Waals surface area (Å²) in [4.78, 5) is 5.01. The van der Waals surface area contributed by atoms with Crippen molar-refractivity contribution in [2.45, 2.75) is 0 Å². The van der Waals surface area contributed by atoms with Crippen LogP contribution in [-0.2, 0) is 0 Å². The molecule has 26 heavy (non-hydrogen) atoms. The van der Waals surface area contributed by atoms with E-state index < -0.39 is 0 Å². The number of nitrogens with zero attached hydrogens (tertiary/aromatic N) is 2. The molecule has 0 saturated heterocycles. The van der Waals surface area contributed by atoms with Crippen LogP contribution in [0.1, 0.15) is 16.7 Å². The normalized spacial score (nSPS) is 10.3. The Labute approximate surface area is 152 Å². The number of fused-ring (bicyclic) bond motifs is 1. The van der Waals surface area contributed by atoms with Crippen molar-refractivity contribution in [1.82, 2.24) is 0 Å². The summed E-state index contributed by atoms with van der Waals surface area (Å²) in [7, 11) is 0. The fourth-order valence-corrected chi connectivity index (χ4v) is 3.09. The van der Waals surface area contributed by atoms with Crippen LogP contribution in [0.15, 0.2) is 102 Å². The van der Waals surface area contributed by atoms with Gasteiger partial charge in [-0.05, 0) is 12.1 Å². The summed E-state index contributed by atoms with van der Waals surface area (Å²) in [5.74, 6) is 0. The maximum absolute atomic E-state index is 9.38. The molecular formula is C24H16N2. The number of hydrogen-bond donors (Lipinski definition) is 0. The van der Waals surface area contributed by atoms with E-state index in [4.69, 9.17) is 4.99 Å². The van der Waals surface area contributed by atoms with Crippen molar-refractivity contribution < 1.29 is 0 Å². The van der Waals surface area contributed by atoms with E-state index in [0.29, 0.717) is 5.56 Å². The van der Waals surface area contributed by atoms with Gasteiger partial charge in [0, 0.05) is 21.9 Å². The molecule has 0 aliphatic rings. The Hall–Kier alpha value is -3.70. The summed E-state index contributed by atoms with van der Waals surface area (Å²) in [6.07, 6.45) is 0. The molecule has 0 aliphatic heterocycles. The monoisotopic (exact) mass is 332 g/mol. The zero-order valence-electron chi connectivity index (χ0n) is 14.1. The Morgan fingerprint density at radius 1 is 0.615 bits per heavy atom. The first-order valence-electron chi connectivity index (χ1n) is 8.48. The van der Waals surface area contributed by atoms with Crippen LogP contribution in [0.4, 0.5) is 5.69 Å². The summed E-state index contributed by atoms with van der Waals surface area (Å²) in [5, 5.41) is 11.3. The van der Waals surface area contributed by atoms with Crippen molar-refractivity contribution in [3.63, 3.8) is 0 Å². The second-order valence-electron chi connectivity index (χ2n) is 5.98. The van der Waals surface area contributed by atoms with Gasteiger partial charge in [0.15, 0.2) is 0 Å². The molecule has 0 bridgehead atoms. The molecule has 0 spiro atoms. The Balaban J connectivity index is 1.97. The highest BCUT2D eigenvalue weighted by atomic mass is 14.8. The smallest absolute Gasteiger partial charge is 0.0998 e. The molecule has 0 aliphatic carbocycles. The van der Waals surface area contributed by atoms with Gasteiger partial charge >= 0.3 is 0 Å². The third-order valence-electron chi connectivity index (χ3n) is 4.35. The van der Waals surface area contributed by atoms with Gasteiger partial charge in [-0.15, -0.1) is 0 Å². The Bertz CT molecular complexity index is 1080. The highest BCUT2D eigenvalue weighted by Gasteiger charge is 2.09. The van der Waals surface area contributed by atoms with Crippen molar-refractivity contribution >= 4 is 22.2 Å². The molecule has 0 N–H and O–H groups in total. The van der Waals surface area contributed by atoms with Gasteiger partial charge in [0.2, 0.25) is 0 Å². The van der Waals surface area contributed by atoms with Crippen LogP contribution in [0.3, 0.4) is 0 Å². The fourth-order valence-electron chi connectivity index (χ4n) is 3.09. The van der Waals surface area contributed by atoms with Crippen LogP contribution in [0.2, 0.25) is 0 Å².